The van der Waals surface area contributed by atoms with Crippen LogP contribution in [-0.4, -0.2) is 29.5 Å². The van der Waals surface area contributed by atoms with E-state index < -0.39 is 0 Å². The number of thioether (sulfide) groups is 1. The van der Waals surface area contributed by atoms with Gasteiger partial charge in [0.05, 0.1) is 5.56 Å². The first-order valence-electron chi connectivity index (χ1n) is 6.56. The molecule has 1 fully saturated rings. The molecular weight excluding hydrogens is 258 g/mol. The second-order valence-electron chi connectivity index (χ2n) is 4.70. The minimum absolute atomic E-state index is 0.382. The number of nitrogens with one attached hydrogen (secondary N) is 1. The minimum Gasteiger partial charge on any atom is -0.334 e. The van der Waals surface area contributed by atoms with Crippen molar-refractivity contribution >= 4 is 11.8 Å². The van der Waals surface area contributed by atoms with Gasteiger partial charge in [-0.05, 0) is 37.8 Å². The van der Waals surface area contributed by atoms with Gasteiger partial charge in [0.2, 0.25) is 0 Å². The Balaban J connectivity index is 1.88. The van der Waals surface area contributed by atoms with Crippen molar-refractivity contribution in [2.24, 2.45) is 0 Å². The molecule has 1 unspecified atom stereocenters. The van der Waals surface area contributed by atoms with Crippen LogP contribution < -0.4 is 5.32 Å². The third kappa shape index (κ3) is 2.67. The number of aromatic nitrogens is 2. The Hall–Kier alpha value is -1.33. The van der Waals surface area contributed by atoms with Gasteiger partial charge in [0, 0.05) is 17.4 Å². The summed E-state index contributed by atoms with van der Waals surface area (Å²) in [4.78, 5) is 5.75. The number of hydrogen-bond donors (Lipinski definition) is 1. The van der Waals surface area contributed by atoms with Crippen molar-refractivity contribution in [3.63, 3.8) is 0 Å². The first kappa shape index (κ1) is 12.7. The van der Waals surface area contributed by atoms with Crippen LogP contribution in [0.3, 0.4) is 0 Å². The van der Waals surface area contributed by atoms with Crippen LogP contribution >= 0.6 is 11.8 Å². The maximum Gasteiger partial charge on any atom is 0.259 e. The predicted octanol–water partition coefficient (Wildman–Crippen LogP) is 2.93. The Morgan fingerprint density at radius 1 is 1.37 bits per heavy atom. The molecule has 0 spiro atoms. The Morgan fingerprint density at radius 2 is 2.26 bits per heavy atom. The van der Waals surface area contributed by atoms with Crippen LogP contribution in [0, 0.1) is 0 Å². The van der Waals surface area contributed by atoms with Crippen LogP contribution in [0.25, 0.3) is 11.5 Å². The van der Waals surface area contributed by atoms with Crippen LogP contribution in [0.5, 0.6) is 0 Å². The Bertz CT molecular complexity index is 549. The highest BCUT2D eigenvalue weighted by Gasteiger charge is 2.21. The molecule has 2 heterocycles. The van der Waals surface area contributed by atoms with E-state index in [1.165, 1.54) is 11.3 Å². The smallest absolute Gasteiger partial charge is 0.259 e. The fourth-order valence-corrected chi connectivity index (χ4v) is 2.99. The van der Waals surface area contributed by atoms with Gasteiger partial charge in [0.15, 0.2) is 5.82 Å². The lowest BCUT2D eigenvalue weighted by Crippen LogP contribution is -2.28. The van der Waals surface area contributed by atoms with Gasteiger partial charge in [-0.25, -0.2) is 0 Å². The van der Waals surface area contributed by atoms with Crippen molar-refractivity contribution in [2.75, 3.05) is 19.3 Å². The van der Waals surface area contributed by atoms with Gasteiger partial charge in [-0.3, -0.25) is 0 Å². The molecule has 19 heavy (non-hydrogen) atoms. The van der Waals surface area contributed by atoms with Gasteiger partial charge in [0.1, 0.15) is 0 Å². The van der Waals surface area contributed by atoms with Crippen LogP contribution in [0.15, 0.2) is 33.7 Å². The van der Waals surface area contributed by atoms with Gasteiger partial charge >= 0.3 is 0 Å². The fourth-order valence-electron chi connectivity index (χ4n) is 2.40. The Morgan fingerprint density at radius 3 is 3.05 bits per heavy atom. The quantitative estimate of drug-likeness (QED) is 0.873. The molecule has 1 aliphatic heterocycles. The Kier molecular flexibility index (Phi) is 3.84. The zero-order chi connectivity index (χ0) is 13.1. The van der Waals surface area contributed by atoms with Crippen LogP contribution in [0.4, 0.5) is 0 Å². The SMILES string of the molecule is CSc1ccccc1-c1nc(C2CCCNC2)no1. The monoisotopic (exact) mass is 275 g/mol. The number of nitrogens with zero attached hydrogens (tertiary/aromatic N) is 2. The van der Waals surface area contributed by atoms with E-state index in [2.05, 4.69) is 27.8 Å². The average molecular weight is 275 g/mol. The van der Waals surface area contributed by atoms with Crippen LogP contribution in [-0.2, 0) is 0 Å². The molecule has 0 saturated carbocycles. The van der Waals surface area contributed by atoms with Crippen molar-refractivity contribution in [1.29, 1.82) is 0 Å². The summed E-state index contributed by atoms with van der Waals surface area (Å²) in [6.45, 7) is 2.04. The topological polar surface area (TPSA) is 51.0 Å². The molecule has 1 aromatic heterocycles. The average Bonchev–Trinajstić information content (AvgIpc) is 2.98. The van der Waals surface area contributed by atoms with Crippen molar-refractivity contribution < 1.29 is 4.52 Å². The molecule has 1 saturated heterocycles. The maximum absolute atomic E-state index is 5.44. The molecule has 1 atom stereocenters. The summed E-state index contributed by atoms with van der Waals surface area (Å²) in [6.07, 6.45) is 4.37. The largest absolute Gasteiger partial charge is 0.334 e. The van der Waals surface area contributed by atoms with E-state index in [4.69, 9.17) is 4.52 Å². The molecule has 3 rings (SSSR count). The highest BCUT2D eigenvalue weighted by atomic mass is 32.2. The van der Waals surface area contributed by atoms with Gasteiger partial charge < -0.3 is 9.84 Å². The lowest BCUT2D eigenvalue weighted by atomic mass is 9.99. The fraction of sp³-hybridized carbons (Fsp3) is 0.429. The minimum atomic E-state index is 0.382. The van der Waals surface area contributed by atoms with E-state index in [1.54, 1.807) is 11.8 Å². The molecule has 0 bridgehead atoms. The molecule has 0 aliphatic carbocycles. The summed E-state index contributed by atoms with van der Waals surface area (Å²) in [5.41, 5.74) is 1.03. The van der Waals surface area contributed by atoms with E-state index >= 15 is 0 Å². The number of hydrogen-bond acceptors (Lipinski definition) is 5. The summed E-state index contributed by atoms with van der Waals surface area (Å²) in [6, 6.07) is 8.13. The molecule has 1 aromatic carbocycles. The summed E-state index contributed by atoms with van der Waals surface area (Å²) < 4.78 is 5.44. The van der Waals surface area contributed by atoms with Gasteiger partial charge in [-0.15, -0.1) is 11.8 Å². The van der Waals surface area contributed by atoms with Gasteiger partial charge in [-0.1, -0.05) is 17.3 Å². The maximum atomic E-state index is 5.44. The van der Waals surface area contributed by atoms with Crippen molar-refractivity contribution in [3.8, 4) is 11.5 Å². The molecule has 1 N–H and O–H groups in total. The Labute approximate surface area is 117 Å². The first-order valence-corrected chi connectivity index (χ1v) is 7.78. The van der Waals surface area contributed by atoms with Crippen molar-refractivity contribution in [1.82, 2.24) is 15.5 Å². The molecule has 4 nitrogen and oxygen atoms in total. The zero-order valence-electron chi connectivity index (χ0n) is 10.9. The highest BCUT2D eigenvalue weighted by molar-refractivity contribution is 7.98. The van der Waals surface area contributed by atoms with Crippen molar-refractivity contribution in [2.45, 2.75) is 23.7 Å². The summed E-state index contributed by atoms with van der Waals surface area (Å²) in [5, 5.41) is 7.54. The lowest BCUT2D eigenvalue weighted by Gasteiger charge is -2.19. The van der Waals surface area contributed by atoms with E-state index in [9.17, 15) is 0 Å². The molecule has 100 valence electrons. The van der Waals surface area contributed by atoms with E-state index in [-0.39, 0.29) is 0 Å². The molecule has 2 aromatic rings. The summed E-state index contributed by atoms with van der Waals surface area (Å²) >= 11 is 1.69. The van der Waals surface area contributed by atoms with E-state index in [0.717, 1.165) is 30.9 Å². The second kappa shape index (κ2) is 5.75. The molecular formula is C14H17N3OS. The third-order valence-corrected chi connectivity index (χ3v) is 4.24. The molecule has 0 amide bonds. The standard InChI is InChI=1S/C14H17N3OS/c1-19-12-7-3-2-6-11(12)14-16-13(17-18-14)10-5-4-8-15-9-10/h2-3,6-7,10,15H,4-5,8-9H2,1H3. The molecule has 0 radical (unpaired) electrons. The zero-order valence-corrected chi connectivity index (χ0v) is 11.7. The van der Waals surface area contributed by atoms with Gasteiger partial charge in [0.25, 0.3) is 5.89 Å². The molecule has 1 aliphatic rings. The summed E-state index contributed by atoms with van der Waals surface area (Å²) in [5.74, 6) is 1.84. The number of piperidine rings is 1. The summed E-state index contributed by atoms with van der Waals surface area (Å²) in [7, 11) is 0. The van der Waals surface area contributed by atoms with Gasteiger partial charge in [-0.2, -0.15) is 4.98 Å². The number of rotatable bonds is 3. The highest BCUT2D eigenvalue weighted by Crippen LogP contribution is 2.30. The van der Waals surface area contributed by atoms with Crippen LogP contribution in [0.1, 0.15) is 24.6 Å². The van der Waals surface area contributed by atoms with E-state index in [0.29, 0.717) is 11.8 Å². The first-order chi connectivity index (χ1) is 9.38. The van der Waals surface area contributed by atoms with Crippen LogP contribution in [0.2, 0.25) is 0 Å². The second-order valence-corrected chi connectivity index (χ2v) is 5.55. The van der Waals surface area contributed by atoms with Crippen molar-refractivity contribution in [3.05, 3.63) is 30.1 Å². The molecule has 5 heteroatoms. The lowest BCUT2D eigenvalue weighted by molar-refractivity contribution is 0.393. The normalized spacial score (nSPS) is 19.5. The number of benzene rings is 1. The predicted molar refractivity (Wildman–Crippen MR) is 76.4 cm³/mol. The third-order valence-electron chi connectivity index (χ3n) is 3.44. The van der Waals surface area contributed by atoms with E-state index in [1.807, 2.05) is 18.2 Å².